The Bertz CT molecular complexity index is 489. The SMILES string of the molecule is CCCCCCl.O=c1ccc2ccccc2[nH]1. The maximum absolute atomic E-state index is 10.8. The summed E-state index contributed by atoms with van der Waals surface area (Å²) in [5.74, 6) is 0.827. The minimum Gasteiger partial charge on any atom is -0.322 e. The van der Waals surface area contributed by atoms with Gasteiger partial charge in [-0.25, -0.2) is 0 Å². The normalized spacial score (nSPS) is 9.76. The van der Waals surface area contributed by atoms with Crippen LogP contribution in [0.25, 0.3) is 10.9 Å². The Balaban J connectivity index is 0.000000209. The quantitative estimate of drug-likeness (QED) is 0.650. The van der Waals surface area contributed by atoms with Crippen molar-refractivity contribution in [2.45, 2.75) is 26.2 Å². The molecule has 17 heavy (non-hydrogen) atoms. The highest BCUT2D eigenvalue weighted by atomic mass is 35.5. The smallest absolute Gasteiger partial charge is 0.248 e. The van der Waals surface area contributed by atoms with E-state index in [9.17, 15) is 4.79 Å². The van der Waals surface area contributed by atoms with E-state index in [1.807, 2.05) is 30.3 Å². The van der Waals surface area contributed by atoms with E-state index < -0.39 is 0 Å². The zero-order chi connectivity index (χ0) is 12.5. The molecule has 2 aromatic rings. The van der Waals surface area contributed by atoms with Crippen LogP contribution in [0.15, 0.2) is 41.2 Å². The number of aromatic nitrogens is 1. The van der Waals surface area contributed by atoms with Gasteiger partial charge in [-0.2, -0.15) is 0 Å². The van der Waals surface area contributed by atoms with E-state index >= 15 is 0 Å². The molecule has 0 fully saturated rings. The highest BCUT2D eigenvalue weighted by Gasteiger charge is 1.89. The summed E-state index contributed by atoms with van der Waals surface area (Å²) >= 11 is 5.38. The summed E-state index contributed by atoms with van der Waals surface area (Å²) in [5.41, 5.74) is 0.837. The number of hydrogen-bond acceptors (Lipinski definition) is 1. The maximum Gasteiger partial charge on any atom is 0.248 e. The number of alkyl halides is 1. The van der Waals surface area contributed by atoms with Crippen LogP contribution in [0.2, 0.25) is 0 Å². The lowest BCUT2D eigenvalue weighted by molar-refractivity contribution is 0.776. The average molecular weight is 252 g/mol. The molecule has 0 atom stereocenters. The Kier molecular flexibility index (Phi) is 6.41. The van der Waals surface area contributed by atoms with Crippen LogP contribution in [0.4, 0.5) is 0 Å². The number of hydrogen-bond donors (Lipinski definition) is 1. The first kappa shape index (κ1) is 13.8. The van der Waals surface area contributed by atoms with Crippen molar-refractivity contribution in [2.75, 3.05) is 5.88 Å². The second kappa shape index (κ2) is 7.91. The molecule has 0 saturated heterocycles. The van der Waals surface area contributed by atoms with Gasteiger partial charge in [0.1, 0.15) is 0 Å². The molecule has 0 radical (unpaired) electrons. The van der Waals surface area contributed by atoms with Gasteiger partial charge in [0.25, 0.3) is 0 Å². The van der Waals surface area contributed by atoms with Crippen LogP contribution < -0.4 is 5.56 Å². The Hall–Kier alpha value is -1.28. The highest BCUT2D eigenvalue weighted by Crippen LogP contribution is 2.06. The first-order valence-electron chi connectivity index (χ1n) is 5.92. The standard InChI is InChI=1S/C9H7NO.C5H11Cl/c11-9-6-5-7-3-1-2-4-8(7)10-9;1-2-3-4-5-6/h1-6H,(H,10,11);2-5H2,1H3. The van der Waals surface area contributed by atoms with Gasteiger partial charge < -0.3 is 4.98 Å². The van der Waals surface area contributed by atoms with Crippen molar-refractivity contribution in [3.63, 3.8) is 0 Å². The van der Waals surface area contributed by atoms with Crippen molar-refractivity contribution >= 4 is 22.5 Å². The van der Waals surface area contributed by atoms with Gasteiger partial charge in [0.15, 0.2) is 0 Å². The van der Waals surface area contributed by atoms with E-state index in [1.165, 1.54) is 25.3 Å². The van der Waals surface area contributed by atoms with Crippen LogP contribution >= 0.6 is 11.6 Å². The van der Waals surface area contributed by atoms with Crippen molar-refractivity contribution in [3.8, 4) is 0 Å². The third-order valence-corrected chi connectivity index (χ3v) is 2.64. The molecule has 2 rings (SSSR count). The highest BCUT2D eigenvalue weighted by molar-refractivity contribution is 6.17. The third kappa shape index (κ3) is 5.05. The Morgan fingerprint density at radius 2 is 1.88 bits per heavy atom. The first-order chi connectivity index (χ1) is 8.27. The molecule has 1 heterocycles. The Morgan fingerprint density at radius 3 is 2.53 bits per heavy atom. The molecule has 0 spiro atoms. The van der Waals surface area contributed by atoms with E-state index in [-0.39, 0.29) is 5.56 Å². The van der Waals surface area contributed by atoms with Gasteiger partial charge in [0, 0.05) is 17.5 Å². The minimum atomic E-state index is -0.0521. The van der Waals surface area contributed by atoms with E-state index in [0.717, 1.165) is 16.8 Å². The van der Waals surface area contributed by atoms with Crippen LogP contribution in [-0.2, 0) is 0 Å². The number of rotatable bonds is 3. The predicted molar refractivity (Wildman–Crippen MR) is 74.8 cm³/mol. The lowest BCUT2D eigenvalue weighted by atomic mass is 10.2. The summed E-state index contributed by atoms with van der Waals surface area (Å²) in [6.45, 7) is 2.17. The summed E-state index contributed by atoms with van der Waals surface area (Å²) in [7, 11) is 0. The molecule has 3 heteroatoms. The second-order valence-electron chi connectivity index (χ2n) is 3.81. The number of aromatic amines is 1. The van der Waals surface area contributed by atoms with E-state index in [4.69, 9.17) is 11.6 Å². The summed E-state index contributed by atoms with van der Waals surface area (Å²) in [6, 6.07) is 11.0. The molecule has 1 aromatic heterocycles. The summed E-state index contributed by atoms with van der Waals surface area (Å²) in [6.07, 6.45) is 3.73. The zero-order valence-electron chi connectivity index (χ0n) is 10.1. The van der Waals surface area contributed by atoms with Crippen molar-refractivity contribution in [3.05, 3.63) is 46.8 Å². The van der Waals surface area contributed by atoms with Gasteiger partial charge in [-0.3, -0.25) is 4.79 Å². The van der Waals surface area contributed by atoms with Crippen LogP contribution in [0.3, 0.4) is 0 Å². The molecule has 0 aliphatic rings. The van der Waals surface area contributed by atoms with Gasteiger partial charge >= 0.3 is 0 Å². The van der Waals surface area contributed by atoms with Gasteiger partial charge in [-0.05, 0) is 23.9 Å². The zero-order valence-corrected chi connectivity index (χ0v) is 10.8. The second-order valence-corrected chi connectivity index (χ2v) is 4.18. The lowest BCUT2D eigenvalue weighted by Crippen LogP contribution is -2.01. The molecule has 2 nitrogen and oxygen atoms in total. The van der Waals surface area contributed by atoms with Crippen LogP contribution in [0.1, 0.15) is 26.2 Å². The fourth-order valence-corrected chi connectivity index (χ4v) is 1.63. The Labute approximate surface area is 107 Å². The largest absolute Gasteiger partial charge is 0.322 e. The number of benzene rings is 1. The van der Waals surface area contributed by atoms with Crippen molar-refractivity contribution in [1.29, 1.82) is 0 Å². The molecular weight excluding hydrogens is 234 g/mol. The fraction of sp³-hybridized carbons (Fsp3) is 0.357. The molecule has 0 amide bonds. The van der Waals surface area contributed by atoms with Crippen LogP contribution in [-0.4, -0.2) is 10.9 Å². The molecule has 1 N–H and O–H groups in total. The molecular formula is C14H18ClNO. The van der Waals surface area contributed by atoms with Crippen molar-refractivity contribution < 1.29 is 0 Å². The van der Waals surface area contributed by atoms with Gasteiger partial charge in [-0.15, -0.1) is 11.6 Å². The number of fused-ring (bicyclic) bond motifs is 1. The van der Waals surface area contributed by atoms with E-state index in [0.29, 0.717) is 0 Å². The number of halogens is 1. The summed E-state index contributed by atoms with van der Waals surface area (Å²) in [5, 5.41) is 1.06. The molecule has 0 aliphatic heterocycles. The third-order valence-electron chi connectivity index (χ3n) is 2.37. The Morgan fingerprint density at radius 1 is 1.12 bits per heavy atom. The average Bonchev–Trinajstić information content (AvgIpc) is 2.37. The van der Waals surface area contributed by atoms with Crippen molar-refractivity contribution in [2.24, 2.45) is 0 Å². The monoisotopic (exact) mass is 251 g/mol. The topological polar surface area (TPSA) is 32.9 Å². The molecule has 92 valence electrons. The molecule has 0 saturated carbocycles. The number of H-pyrrole nitrogens is 1. The molecule has 1 aromatic carbocycles. The minimum absolute atomic E-state index is 0.0521. The number of para-hydroxylation sites is 1. The number of nitrogens with one attached hydrogen (secondary N) is 1. The van der Waals surface area contributed by atoms with Crippen molar-refractivity contribution in [1.82, 2.24) is 4.98 Å². The van der Waals surface area contributed by atoms with E-state index in [1.54, 1.807) is 0 Å². The molecule has 0 aliphatic carbocycles. The fourth-order valence-electron chi connectivity index (χ4n) is 1.44. The maximum atomic E-state index is 10.8. The predicted octanol–water partition coefficient (Wildman–Crippen LogP) is 3.94. The van der Waals surface area contributed by atoms with Crippen LogP contribution in [0, 0.1) is 0 Å². The summed E-state index contributed by atoms with van der Waals surface area (Å²) < 4.78 is 0. The van der Waals surface area contributed by atoms with Gasteiger partial charge in [0.2, 0.25) is 5.56 Å². The van der Waals surface area contributed by atoms with Crippen LogP contribution in [0.5, 0.6) is 0 Å². The summed E-state index contributed by atoms with van der Waals surface area (Å²) in [4.78, 5) is 13.6. The molecule has 0 unspecified atom stereocenters. The van der Waals surface area contributed by atoms with Gasteiger partial charge in [-0.1, -0.05) is 38.0 Å². The first-order valence-corrected chi connectivity index (χ1v) is 6.45. The number of unbranched alkanes of at least 4 members (excludes halogenated alkanes) is 2. The number of pyridine rings is 1. The molecule has 0 bridgehead atoms. The van der Waals surface area contributed by atoms with E-state index in [2.05, 4.69) is 11.9 Å². The lowest BCUT2D eigenvalue weighted by Gasteiger charge is -1.93. The van der Waals surface area contributed by atoms with Gasteiger partial charge in [0.05, 0.1) is 0 Å².